The van der Waals surface area contributed by atoms with Crippen molar-refractivity contribution in [2.45, 2.75) is 0 Å². The number of rotatable bonds is 3. The van der Waals surface area contributed by atoms with Crippen molar-refractivity contribution >= 4 is 45.1 Å². The van der Waals surface area contributed by atoms with E-state index in [9.17, 15) is 14.0 Å². The molecule has 2 rings (SSSR count). The maximum atomic E-state index is 13.4. The molecule has 0 atom stereocenters. The van der Waals surface area contributed by atoms with Crippen LogP contribution in [-0.2, 0) is 0 Å². The highest BCUT2D eigenvalue weighted by Gasteiger charge is 2.11. The van der Waals surface area contributed by atoms with Gasteiger partial charge in [0.05, 0.1) is 10.0 Å². The highest BCUT2D eigenvalue weighted by atomic mass is 79.9. The van der Waals surface area contributed by atoms with Gasteiger partial charge in [-0.2, -0.15) is 0 Å². The largest absolute Gasteiger partial charge is 0.478 e. The molecule has 0 aromatic heterocycles. The zero-order valence-corrected chi connectivity index (χ0v) is 12.7. The number of carboxylic acid groups (broad SMARTS) is 1. The fourth-order valence-electron chi connectivity index (χ4n) is 1.63. The molecule has 0 aliphatic heterocycles. The first kappa shape index (κ1) is 15.5. The summed E-state index contributed by atoms with van der Waals surface area (Å²) in [5.74, 6) is -2.30. The van der Waals surface area contributed by atoms with Crippen LogP contribution in [0.3, 0.4) is 0 Å². The molecule has 0 saturated carbocycles. The lowest BCUT2D eigenvalue weighted by Crippen LogP contribution is -2.12. The summed E-state index contributed by atoms with van der Waals surface area (Å²) in [7, 11) is 0. The van der Waals surface area contributed by atoms with Gasteiger partial charge < -0.3 is 10.4 Å². The molecule has 1 amide bonds. The number of hydrogen-bond acceptors (Lipinski definition) is 2. The summed E-state index contributed by atoms with van der Waals surface area (Å²) in [6, 6.07) is 7.85. The molecule has 2 aromatic rings. The van der Waals surface area contributed by atoms with E-state index in [1.807, 2.05) is 0 Å². The number of nitrogens with one attached hydrogen (secondary N) is 1. The molecule has 0 radical (unpaired) electrons. The van der Waals surface area contributed by atoms with Gasteiger partial charge in [-0.3, -0.25) is 4.79 Å². The monoisotopic (exact) mass is 371 g/mol. The van der Waals surface area contributed by atoms with Gasteiger partial charge in [-0.05, 0) is 52.3 Å². The third-order valence-corrected chi connectivity index (χ3v) is 3.45. The van der Waals surface area contributed by atoms with E-state index < -0.39 is 17.7 Å². The predicted octanol–water partition coefficient (Wildman–Crippen LogP) is 4.19. The smallest absolute Gasteiger partial charge is 0.335 e. The number of carbonyl (C=O) groups excluding carboxylic acids is 1. The maximum absolute atomic E-state index is 13.4. The third-order valence-electron chi connectivity index (χ3n) is 2.58. The molecule has 0 unspecified atom stereocenters. The SMILES string of the molecule is O=C(O)c1cc(Cl)cc(NC(=O)c2ccc(Br)c(F)c2)c1. The van der Waals surface area contributed by atoms with E-state index in [0.29, 0.717) is 0 Å². The molecule has 0 bridgehead atoms. The Labute approximate surface area is 132 Å². The van der Waals surface area contributed by atoms with Gasteiger partial charge in [-0.1, -0.05) is 11.6 Å². The molecule has 0 saturated heterocycles. The minimum Gasteiger partial charge on any atom is -0.478 e. The van der Waals surface area contributed by atoms with Gasteiger partial charge in [-0.15, -0.1) is 0 Å². The molecule has 2 aromatic carbocycles. The zero-order chi connectivity index (χ0) is 15.6. The Morgan fingerprint density at radius 2 is 1.86 bits per heavy atom. The second-order valence-electron chi connectivity index (χ2n) is 4.12. The van der Waals surface area contributed by atoms with Crippen molar-refractivity contribution < 1.29 is 19.1 Å². The second kappa shape index (κ2) is 6.24. The van der Waals surface area contributed by atoms with Gasteiger partial charge in [0.2, 0.25) is 0 Å². The van der Waals surface area contributed by atoms with E-state index in [0.717, 1.165) is 6.07 Å². The summed E-state index contributed by atoms with van der Waals surface area (Å²) in [5, 5.41) is 11.6. The van der Waals surface area contributed by atoms with Gasteiger partial charge in [0.25, 0.3) is 5.91 Å². The highest BCUT2D eigenvalue weighted by molar-refractivity contribution is 9.10. The van der Waals surface area contributed by atoms with Crippen molar-refractivity contribution in [3.8, 4) is 0 Å². The standard InChI is InChI=1S/C14H8BrClFNO3/c15-11-2-1-7(5-12(11)17)13(19)18-10-4-8(14(20)21)3-9(16)6-10/h1-6H,(H,18,19)(H,20,21). The van der Waals surface area contributed by atoms with Crippen molar-refractivity contribution in [2.75, 3.05) is 5.32 Å². The Morgan fingerprint density at radius 1 is 1.14 bits per heavy atom. The van der Waals surface area contributed by atoms with Crippen molar-refractivity contribution in [1.29, 1.82) is 0 Å². The number of halogens is 3. The molecule has 2 N–H and O–H groups in total. The number of benzene rings is 2. The van der Waals surface area contributed by atoms with Crippen molar-refractivity contribution in [1.82, 2.24) is 0 Å². The highest BCUT2D eigenvalue weighted by Crippen LogP contribution is 2.21. The van der Waals surface area contributed by atoms with Crippen molar-refractivity contribution in [2.24, 2.45) is 0 Å². The zero-order valence-electron chi connectivity index (χ0n) is 10.4. The Kier molecular flexibility index (Phi) is 4.59. The van der Waals surface area contributed by atoms with Crippen LogP contribution < -0.4 is 5.32 Å². The van der Waals surface area contributed by atoms with Crippen LogP contribution in [0.15, 0.2) is 40.9 Å². The Bertz CT molecular complexity index is 736. The lowest BCUT2D eigenvalue weighted by atomic mass is 10.1. The van der Waals surface area contributed by atoms with Crippen LogP contribution in [0.4, 0.5) is 10.1 Å². The summed E-state index contributed by atoms with van der Waals surface area (Å²) in [6.07, 6.45) is 0. The molecular weight excluding hydrogens is 365 g/mol. The summed E-state index contributed by atoms with van der Waals surface area (Å²) in [6.45, 7) is 0. The van der Waals surface area contributed by atoms with Gasteiger partial charge in [-0.25, -0.2) is 9.18 Å². The second-order valence-corrected chi connectivity index (χ2v) is 5.41. The van der Waals surface area contributed by atoms with E-state index in [2.05, 4.69) is 21.2 Å². The number of carbonyl (C=O) groups is 2. The summed E-state index contributed by atoms with van der Waals surface area (Å²) in [4.78, 5) is 22.9. The first-order chi connectivity index (χ1) is 9.86. The number of hydrogen-bond donors (Lipinski definition) is 2. The quantitative estimate of drug-likeness (QED) is 0.849. The predicted molar refractivity (Wildman–Crippen MR) is 80.5 cm³/mol. The van der Waals surface area contributed by atoms with E-state index in [4.69, 9.17) is 16.7 Å². The molecule has 7 heteroatoms. The molecule has 0 spiro atoms. The van der Waals surface area contributed by atoms with Crippen LogP contribution >= 0.6 is 27.5 Å². The van der Waals surface area contributed by atoms with Crippen LogP contribution in [-0.4, -0.2) is 17.0 Å². The molecule has 4 nitrogen and oxygen atoms in total. The molecular formula is C14H8BrClFNO3. The van der Waals surface area contributed by atoms with E-state index >= 15 is 0 Å². The third kappa shape index (κ3) is 3.80. The fourth-order valence-corrected chi connectivity index (χ4v) is 2.11. The van der Waals surface area contributed by atoms with Crippen LogP contribution in [0.2, 0.25) is 5.02 Å². The molecule has 0 aliphatic rings. The minimum absolute atomic E-state index is 0.0558. The van der Waals surface area contributed by atoms with Gasteiger partial charge in [0.1, 0.15) is 5.82 Å². The number of amides is 1. The van der Waals surface area contributed by atoms with E-state index in [1.165, 1.54) is 30.3 Å². The Hall–Kier alpha value is -1.92. The first-order valence-corrected chi connectivity index (χ1v) is 6.84. The van der Waals surface area contributed by atoms with Crippen LogP contribution in [0.5, 0.6) is 0 Å². The summed E-state index contributed by atoms with van der Waals surface area (Å²) >= 11 is 8.78. The molecule has 0 fully saturated rings. The minimum atomic E-state index is -1.16. The number of anilines is 1. The lowest BCUT2D eigenvalue weighted by Gasteiger charge is -2.07. The van der Waals surface area contributed by atoms with Crippen LogP contribution in [0, 0.1) is 5.82 Å². The lowest BCUT2D eigenvalue weighted by molar-refractivity contribution is 0.0696. The van der Waals surface area contributed by atoms with Crippen molar-refractivity contribution in [3.63, 3.8) is 0 Å². The first-order valence-electron chi connectivity index (χ1n) is 5.67. The van der Waals surface area contributed by atoms with Gasteiger partial charge >= 0.3 is 5.97 Å². The molecule has 108 valence electrons. The van der Waals surface area contributed by atoms with E-state index in [-0.39, 0.29) is 26.3 Å². The molecule has 0 aliphatic carbocycles. The average molecular weight is 373 g/mol. The maximum Gasteiger partial charge on any atom is 0.335 e. The van der Waals surface area contributed by atoms with Gasteiger partial charge in [0.15, 0.2) is 0 Å². The van der Waals surface area contributed by atoms with Crippen LogP contribution in [0.25, 0.3) is 0 Å². The summed E-state index contributed by atoms with van der Waals surface area (Å²) in [5.41, 5.74) is 0.264. The van der Waals surface area contributed by atoms with E-state index in [1.54, 1.807) is 0 Å². The van der Waals surface area contributed by atoms with Crippen LogP contribution in [0.1, 0.15) is 20.7 Å². The topological polar surface area (TPSA) is 66.4 Å². The fraction of sp³-hybridized carbons (Fsp3) is 0. The normalized spacial score (nSPS) is 10.2. The average Bonchev–Trinajstić information content (AvgIpc) is 2.41. The Balaban J connectivity index is 2.27. The molecule has 21 heavy (non-hydrogen) atoms. The van der Waals surface area contributed by atoms with Crippen molar-refractivity contribution in [3.05, 3.63) is 62.8 Å². The molecule has 0 heterocycles. The summed E-state index contributed by atoms with van der Waals surface area (Å²) < 4.78 is 13.6. The van der Waals surface area contributed by atoms with Gasteiger partial charge in [0, 0.05) is 16.3 Å². The number of aromatic carboxylic acids is 1. The Morgan fingerprint density at radius 3 is 2.48 bits per heavy atom. The number of carboxylic acids is 1.